The monoisotopic (exact) mass is 277 g/mol. The quantitative estimate of drug-likeness (QED) is 0.903. The summed E-state index contributed by atoms with van der Waals surface area (Å²) in [4.78, 5) is 14.9. The van der Waals surface area contributed by atoms with Gasteiger partial charge in [0, 0.05) is 30.0 Å². The molecule has 1 unspecified atom stereocenters. The molecule has 112 valence electrons. The Kier molecular flexibility index (Phi) is 3.49. The van der Waals surface area contributed by atoms with E-state index in [4.69, 9.17) is 5.73 Å². The van der Waals surface area contributed by atoms with Crippen LogP contribution in [0.3, 0.4) is 0 Å². The summed E-state index contributed by atoms with van der Waals surface area (Å²) in [6, 6.07) is 4.35. The Morgan fingerprint density at radius 3 is 2.40 bits per heavy atom. The van der Waals surface area contributed by atoms with E-state index in [1.165, 1.54) is 11.4 Å². The molecule has 0 saturated heterocycles. The van der Waals surface area contributed by atoms with Crippen molar-refractivity contribution in [3.63, 3.8) is 0 Å². The summed E-state index contributed by atoms with van der Waals surface area (Å²) in [5, 5.41) is 0. The normalized spacial score (nSPS) is 19.9. The Bertz CT molecular complexity index is 522. The van der Waals surface area contributed by atoms with Gasteiger partial charge in [-0.05, 0) is 53.7 Å². The fraction of sp³-hybridized carbons (Fsp3) is 0.688. The molecule has 0 fully saturated rings. The average molecular weight is 277 g/mol. The minimum atomic E-state index is -0.578. The maximum absolute atomic E-state index is 12.9. The SMILES string of the molecule is Cc1ccc2n1CCN(C(=O)C(C)(C)C(C)(C)N)C2C. The highest BCUT2D eigenvalue weighted by atomic mass is 16.2. The fourth-order valence-corrected chi connectivity index (χ4v) is 2.73. The van der Waals surface area contributed by atoms with Crippen molar-refractivity contribution in [2.75, 3.05) is 6.54 Å². The van der Waals surface area contributed by atoms with Crippen LogP contribution in [-0.2, 0) is 11.3 Å². The first-order valence-electron chi connectivity index (χ1n) is 7.33. The van der Waals surface area contributed by atoms with E-state index in [1.807, 2.05) is 32.6 Å². The van der Waals surface area contributed by atoms with Gasteiger partial charge >= 0.3 is 0 Å². The number of nitrogens with two attached hydrogens (primary N) is 1. The summed E-state index contributed by atoms with van der Waals surface area (Å²) < 4.78 is 2.30. The van der Waals surface area contributed by atoms with Crippen molar-refractivity contribution >= 4 is 5.91 Å². The predicted molar refractivity (Wildman–Crippen MR) is 81.3 cm³/mol. The highest BCUT2D eigenvalue weighted by molar-refractivity contribution is 5.84. The number of nitrogens with zero attached hydrogens (tertiary/aromatic N) is 2. The lowest BCUT2D eigenvalue weighted by Crippen LogP contribution is -2.58. The van der Waals surface area contributed by atoms with Gasteiger partial charge in [0.05, 0.1) is 11.5 Å². The molecule has 0 saturated carbocycles. The second kappa shape index (κ2) is 4.62. The van der Waals surface area contributed by atoms with Crippen molar-refractivity contribution in [3.05, 3.63) is 23.5 Å². The maximum atomic E-state index is 12.9. The van der Waals surface area contributed by atoms with Crippen LogP contribution in [-0.4, -0.2) is 27.5 Å². The number of hydrogen-bond acceptors (Lipinski definition) is 2. The molecule has 4 heteroatoms. The fourth-order valence-electron chi connectivity index (χ4n) is 2.73. The molecule has 2 rings (SSSR count). The smallest absolute Gasteiger partial charge is 0.230 e. The summed E-state index contributed by atoms with van der Waals surface area (Å²) in [7, 11) is 0. The van der Waals surface area contributed by atoms with Crippen LogP contribution in [0.15, 0.2) is 12.1 Å². The van der Waals surface area contributed by atoms with Crippen molar-refractivity contribution in [1.29, 1.82) is 0 Å². The van der Waals surface area contributed by atoms with Crippen molar-refractivity contribution < 1.29 is 4.79 Å². The van der Waals surface area contributed by atoms with Crippen LogP contribution < -0.4 is 5.73 Å². The molecule has 0 radical (unpaired) electrons. The molecule has 1 aromatic heterocycles. The van der Waals surface area contributed by atoms with E-state index >= 15 is 0 Å². The van der Waals surface area contributed by atoms with Crippen molar-refractivity contribution in [3.8, 4) is 0 Å². The van der Waals surface area contributed by atoms with Crippen molar-refractivity contribution in [1.82, 2.24) is 9.47 Å². The lowest BCUT2D eigenvalue weighted by Gasteiger charge is -2.44. The predicted octanol–water partition coefficient (Wildman–Crippen LogP) is 2.46. The van der Waals surface area contributed by atoms with Crippen LogP contribution in [0.5, 0.6) is 0 Å². The van der Waals surface area contributed by atoms with E-state index in [9.17, 15) is 4.79 Å². The molecule has 2 heterocycles. The van der Waals surface area contributed by atoms with E-state index in [0.717, 1.165) is 13.1 Å². The van der Waals surface area contributed by atoms with Gasteiger partial charge in [-0.1, -0.05) is 0 Å². The molecule has 1 atom stereocenters. The highest BCUT2D eigenvalue weighted by Crippen LogP contribution is 2.35. The standard InChI is InChI=1S/C16H27N3O/c1-11-7-8-13-12(2)19(10-9-18(11)13)14(20)15(3,4)16(5,6)17/h7-8,12H,9-10,17H2,1-6H3. The van der Waals surface area contributed by atoms with Crippen LogP contribution in [0.2, 0.25) is 0 Å². The second-order valence-corrected chi connectivity index (χ2v) is 7.07. The molecule has 0 aliphatic carbocycles. The molecule has 4 nitrogen and oxygen atoms in total. The molecule has 0 bridgehead atoms. The highest BCUT2D eigenvalue weighted by Gasteiger charge is 2.44. The summed E-state index contributed by atoms with van der Waals surface area (Å²) in [6.45, 7) is 13.6. The topological polar surface area (TPSA) is 51.3 Å². The van der Waals surface area contributed by atoms with Crippen LogP contribution in [0.1, 0.15) is 52.0 Å². The number of amides is 1. The zero-order valence-electron chi connectivity index (χ0n) is 13.5. The van der Waals surface area contributed by atoms with E-state index < -0.39 is 11.0 Å². The number of fused-ring (bicyclic) bond motifs is 1. The molecule has 1 amide bonds. The Morgan fingerprint density at radius 2 is 1.85 bits per heavy atom. The van der Waals surface area contributed by atoms with E-state index in [0.29, 0.717) is 0 Å². The van der Waals surface area contributed by atoms with Gasteiger partial charge in [-0.15, -0.1) is 0 Å². The first kappa shape index (κ1) is 15.1. The van der Waals surface area contributed by atoms with Crippen LogP contribution >= 0.6 is 0 Å². The maximum Gasteiger partial charge on any atom is 0.230 e. The molecule has 20 heavy (non-hydrogen) atoms. The molecular formula is C16H27N3O. The first-order chi connectivity index (χ1) is 9.07. The Hall–Kier alpha value is -1.29. The summed E-state index contributed by atoms with van der Waals surface area (Å²) >= 11 is 0. The molecule has 1 aliphatic rings. The van der Waals surface area contributed by atoms with Gasteiger partial charge in [-0.25, -0.2) is 0 Å². The van der Waals surface area contributed by atoms with Gasteiger partial charge in [-0.2, -0.15) is 0 Å². The molecule has 1 aromatic rings. The minimum Gasteiger partial charge on any atom is -0.345 e. The molecule has 2 N–H and O–H groups in total. The Balaban J connectivity index is 2.30. The van der Waals surface area contributed by atoms with Crippen LogP contribution in [0.4, 0.5) is 0 Å². The summed E-state index contributed by atoms with van der Waals surface area (Å²) in [5.41, 5.74) is 7.57. The number of aryl methyl sites for hydroxylation is 1. The number of aromatic nitrogens is 1. The second-order valence-electron chi connectivity index (χ2n) is 7.07. The molecule has 0 spiro atoms. The number of hydrogen-bond donors (Lipinski definition) is 1. The van der Waals surface area contributed by atoms with Gasteiger partial charge in [0.15, 0.2) is 0 Å². The van der Waals surface area contributed by atoms with Gasteiger partial charge < -0.3 is 15.2 Å². The van der Waals surface area contributed by atoms with Gasteiger partial charge in [0.25, 0.3) is 0 Å². The summed E-state index contributed by atoms with van der Waals surface area (Å²) in [6.07, 6.45) is 0. The van der Waals surface area contributed by atoms with E-state index in [1.54, 1.807) is 0 Å². The third kappa shape index (κ3) is 2.16. The van der Waals surface area contributed by atoms with E-state index in [2.05, 4.69) is 30.5 Å². The number of rotatable bonds is 2. The average Bonchev–Trinajstić information content (AvgIpc) is 2.70. The third-order valence-electron chi connectivity index (χ3n) is 5.10. The number of carbonyl (C=O) groups is 1. The van der Waals surface area contributed by atoms with Gasteiger partial charge in [-0.3, -0.25) is 4.79 Å². The molecular weight excluding hydrogens is 250 g/mol. The van der Waals surface area contributed by atoms with Gasteiger partial charge in [0.2, 0.25) is 5.91 Å². The zero-order valence-corrected chi connectivity index (χ0v) is 13.5. The first-order valence-corrected chi connectivity index (χ1v) is 7.33. The number of carbonyl (C=O) groups excluding carboxylic acids is 1. The zero-order chi connectivity index (χ0) is 15.3. The third-order valence-corrected chi connectivity index (χ3v) is 5.10. The minimum absolute atomic E-state index is 0.103. The molecule has 1 aliphatic heterocycles. The van der Waals surface area contributed by atoms with Gasteiger partial charge in [0.1, 0.15) is 0 Å². The lowest BCUT2D eigenvalue weighted by molar-refractivity contribution is -0.147. The van der Waals surface area contributed by atoms with E-state index in [-0.39, 0.29) is 11.9 Å². The lowest BCUT2D eigenvalue weighted by atomic mass is 9.74. The van der Waals surface area contributed by atoms with Crippen LogP contribution in [0.25, 0.3) is 0 Å². The Morgan fingerprint density at radius 1 is 1.25 bits per heavy atom. The largest absolute Gasteiger partial charge is 0.345 e. The molecule has 0 aromatic carbocycles. The summed E-state index contributed by atoms with van der Waals surface area (Å²) in [5.74, 6) is 0.141. The van der Waals surface area contributed by atoms with Crippen molar-refractivity contribution in [2.45, 2.75) is 59.7 Å². The van der Waals surface area contributed by atoms with Crippen molar-refractivity contribution in [2.24, 2.45) is 11.1 Å². The Labute approximate surface area is 121 Å². The van der Waals surface area contributed by atoms with Crippen LogP contribution in [0, 0.1) is 12.3 Å².